The first-order valence-corrected chi connectivity index (χ1v) is 3.00. The van der Waals surface area contributed by atoms with Crippen LogP contribution in [-0.2, 0) is 0 Å². The Morgan fingerprint density at radius 3 is 2.78 bits per heavy atom. The molecule has 0 atom stereocenters. The summed E-state index contributed by atoms with van der Waals surface area (Å²) in [5, 5.41) is 0.639. The van der Waals surface area contributed by atoms with E-state index >= 15 is 0 Å². The second kappa shape index (κ2) is 2.70. The first-order chi connectivity index (χ1) is 4.33. The van der Waals surface area contributed by atoms with E-state index in [0.717, 1.165) is 5.56 Å². The molecule has 0 saturated heterocycles. The summed E-state index contributed by atoms with van der Waals surface area (Å²) in [6, 6.07) is 8.33. The summed E-state index contributed by atoms with van der Waals surface area (Å²) in [6.45, 7) is 3.60. The third-order valence-corrected chi connectivity index (χ3v) is 1.27. The SMILES string of the molecule is C=Cc1c[c]c(Cl)cc1. The van der Waals surface area contributed by atoms with Crippen LogP contribution in [0.5, 0.6) is 0 Å². The van der Waals surface area contributed by atoms with E-state index in [1.54, 1.807) is 18.2 Å². The van der Waals surface area contributed by atoms with E-state index in [1.165, 1.54) is 0 Å². The van der Waals surface area contributed by atoms with Crippen LogP contribution < -0.4 is 0 Å². The lowest BCUT2D eigenvalue weighted by Gasteiger charge is -1.89. The van der Waals surface area contributed by atoms with E-state index < -0.39 is 0 Å². The predicted molar refractivity (Wildman–Crippen MR) is 40.4 cm³/mol. The molecule has 0 aliphatic carbocycles. The second-order valence-electron chi connectivity index (χ2n) is 1.67. The van der Waals surface area contributed by atoms with Gasteiger partial charge in [-0.25, -0.2) is 0 Å². The van der Waals surface area contributed by atoms with Gasteiger partial charge in [-0.2, -0.15) is 0 Å². The average Bonchev–Trinajstić information content (AvgIpc) is 1.90. The first-order valence-electron chi connectivity index (χ1n) is 2.62. The Hall–Kier alpha value is -0.750. The fraction of sp³-hybridized carbons (Fsp3) is 0. The van der Waals surface area contributed by atoms with Gasteiger partial charge in [-0.3, -0.25) is 0 Å². The molecule has 1 aromatic carbocycles. The van der Waals surface area contributed by atoms with E-state index in [-0.39, 0.29) is 0 Å². The number of benzene rings is 1. The van der Waals surface area contributed by atoms with Gasteiger partial charge in [-0.15, -0.1) is 0 Å². The van der Waals surface area contributed by atoms with Crippen LogP contribution in [0.4, 0.5) is 0 Å². The number of hydrogen-bond acceptors (Lipinski definition) is 0. The standard InChI is InChI=1S/C8H6Cl/c1-2-7-3-5-8(9)6-4-7/h2-5H,1H2. The zero-order chi connectivity index (χ0) is 6.69. The molecule has 1 aromatic rings. The molecule has 0 amide bonds. The highest BCUT2D eigenvalue weighted by Gasteiger charge is 1.84. The Kier molecular flexibility index (Phi) is 1.91. The fourth-order valence-corrected chi connectivity index (χ4v) is 0.662. The highest BCUT2D eigenvalue weighted by Crippen LogP contribution is 2.08. The van der Waals surface area contributed by atoms with Gasteiger partial charge in [0.1, 0.15) is 0 Å². The molecule has 0 fully saturated rings. The van der Waals surface area contributed by atoms with Crippen molar-refractivity contribution < 1.29 is 0 Å². The lowest BCUT2D eigenvalue weighted by molar-refractivity contribution is 1.65. The summed E-state index contributed by atoms with van der Waals surface area (Å²) in [7, 11) is 0. The van der Waals surface area contributed by atoms with Gasteiger partial charge in [0.25, 0.3) is 0 Å². The molecule has 0 nitrogen and oxygen atoms in total. The van der Waals surface area contributed by atoms with Crippen molar-refractivity contribution in [2.45, 2.75) is 0 Å². The van der Waals surface area contributed by atoms with Crippen molar-refractivity contribution in [3.8, 4) is 0 Å². The summed E-state index contributed by atoms with van der Waals surface area (Å²) in [5.41, 5.74) is 1.04. The lowest BCUT2D eigenvalue weighted by Crippen LogP contribution is -1.68. The van der Waals surface area contributed by atoms with Crippen molar-refractivity contribution in [1.29, 1.82) is 0 Å². The van der Waals surface area contributed by atoms with Gasteiger partial charge in [0.15, 0.2) is 0 Å². The van der Waals surface area contributed by atoms with Gasteiger partial charge in [-0.1, -0.05) is 30.3 Å². The second-order valence-corrected chi connectivity index (χ2v) is 2.08. The molecule has 0 bridgehead atoms. The summed E-state index contributed by atoms with van der Waals surface area (Å²) in [6.07, 6.45) is 1.76. The average molecular weight is 138 g/mol. The number of rotatable bonds is 1. The van der Waals surface area contributed by atoms with Gasteiger partial charge >= 0.3 is 0 Å². The van der Waals surface area contributed by atoms with E-state index in [0.29, 0.717) is 5.02 Å². The molecule has 45 valence electrons. The maximum absolute atomic E-state index is 5.58. The third-order valence-electron chi connectivity index (χ3n) is 1.03. The molecule has 1 heteroatoms. The Morgan fingerprint density at radius 2 is 2.33 bits per heavy atom. The van der Waals surface area contributed by atoms with Crippen LogP contribution in [0.15, 0.2) is 24.8 Å². The van der Waals surface area contributed by atoms with E-state index in [1.807, 2.05) is 6.07 Å². The summed E-state index contributed by atoms with van der Waals surface area (Å²) < 4.78 is 0. The summed E-state index contributed by atoms with van der Waals surface area (Å²) in [4.78, 5) is 0. The molecule has 0 heterocycles. The predicted octanol–water partition coefficient (Wildman–Crippen LogP) is 2.78. The molecule has 0 N–H and O–H groups in total. The van der Waals surface area contributed by atoms with Crippen molar-refractivity contribution in [3.63, 3.8) is 0 Å². The van der Waals surface area contributed by atoms with Crippen LogP contribution in [0.25, 0.3) is 6.08 Å². The molecule has 0 unspecified atom stereocenters. The Morgan fingerprint density at radius 1 is 1.56 bits per heavy atom. The monoisotopic (exact) mass is 137 g/mol. The molecule has 1 radical (unpaired) electrons. The Labute approximate surface area is 59.8 Å². The summed E-state index contributed by atoms with van der Waals surface area (Å²) in [5.74, 6) is 0. The summed E-state index contributed by atoms with van der Waals surface area (Å²) >= 11 is 5.58. The van der Waals surface area contributed by atoms with Gasteiger partial charge < -0.3 is 0 Å². The normalized spacial score (nSPS) is 9.00. The van der Waals surface area contributed by atoms with Gasteiger partial charge in [0, 0.05) is 11.1 Å². The maximum atomic E-state index is 5.58. The van der Waals surface area contributed by atoms with Crippen molar-refractivity contribution >= 4 is 17.7 Å². The van der Waals surface area contributed by atoms with Crippen molar-refractivity contribution in [2.24, 2.45) is 0 Å². The topological polar surface area (TPSA) is 0 Å². The van der Waals surface area contributed by atoms with Crippen molar-refractivity contribution in [1.82, 2.24) is 0 Å². The maximum Gasteiger partial charge on any atom is 0.0485 e. The highest BCUT2D eigenvalue weighted by atomic mass is 35.5. The minimum Gasteiger partial charge on any atom is -0.0985 e. The first kappa shape index (κ1) is 6.37. The van der Waals surface area contributed by atoms with Crippen LogP contribution in [0.1, 0.15) is 5.56 Å². The molecule has 0 aromatic heterocycles. The van der Waals surface area contributed by atoms with E-state index in [2.05, 4.69) is 12.6 Å². The molecule has 0 aliphatic rings. The molecular formula is C8H6Cl. The van der Waals surface area contributed by atoms with Crippen LogP contribution in [-0.4, -0.2) is 0 Å². The zero-order valence-electron chi connectivity index (χ0n) is 4.89. The minimum absolute atomic E-state index is 0.639. The van der Waals surface area contributed by atoms with Crippen LogP contribution in [0.2, 0.25) is 5.02 Å². The van der Waals surface area contributed by atoms with Crippen molar-refractivity contribution in [2.75, 3.05) is 0 Å². The van der Waals surface area contributed by atoms with Crippen molar-refractivity contribution in [3.05, 3.63) is 41.4 Å². The van der Waals surface area contributed by atoms with Gasteiger partial charge in [0.2, 0.25) is 0 Å². The zero-order valence-corrected chi connectivity index (χ0v) is 5.65. The van der Waals surface area contributed by atoms with E-state index in [4.69, 9.17) is 11.6 Å². The Balaban J connectivity index is 3.01. The quantitative estimate of drug-likeness (QED) is 0.559. The van der Waals surface area contributed by atoms with Crippen LogP contribution >= 0.6 is 11.6 Å². The molecular weight excluding hydrogens is 132 g/mol. The van der Waals surface area contributed by atoms with Crippen LogP contribution in [0.3, 0.4) is 0 Å². The smallest absolute Gasteiger partial charge is 0.0485 e. The molecule has 9 heavy (non-hydrogen) atoms. The molecule has 0 aliphatic heterocycles. The minimum atomic E-state index is 0.639. The van der Waals surface area contributed by atoms with E-state index in [9.17, 15) is 0 Å². The number of halogens is 1. The molecule has 1 rings (SSSR count). The van der Waals surface area contributed by atoms with Gasteiger partial charge in [-0.05, 0) is 17.7 Å². The highest BCUT2D eigenvalue weighted by molar-refractivity contribution is 6.30. The largest absolute Gasteiger partial charge is 0.0985 e. The number of hydrogen-bond donors (Lipinski definition) is 0. The Bertz CT molecular complexity index is 198. The molecule has 0 spiro atoms. The fourth-order valence-electron chi connectivity index (χ4n) is 0.545. The molecule has 0 saturated carbocycles. The van der Waals surface area contributed by atoms with Crippen LogP contribution in [0, 0.1) is 6.07 Å². The third kappa shape index (κ3) is 1.58. The van der Waals surface area contributed by atoms with Gasteiger partial charge in [0.05, 0.1) is 0 Å². The lowest BCUT2D eigenvalue weighted by atomic mass is 10.2.